The van der Waals surface area contributed by atoms with Crippen LogP contribution in [0.4, 0.5) is 0 Å². The lowest BCUT2D eigenvalue weighted by Crippen LogP contribution is -2.01. The summed E-state index contributed by atoms with van der Waals surface area (Å²) in [5.74, 6) is 0. The summed E-state index contributed by atoms with van der Waals surface area (Å²) in [7, 11) is 0. The van der Waals surface area contributed by atoms with Crippen molar-refractivity contribution in [3.05, 3.63) is 59.5 Å². The average Bonchev–Trinajstić information content (AvgIpc) is 2.69. The van der Waals surface area contributed by atoms with Gasteiger partial charge in [0.1, 0.15) is 0 Å². The van der Waals surface area contributed by atoms with Gasteiger partial charge in [0.25, 0.3) is 0 Å². The normalized spacial score (nSPS) is 10.3. The van der Waals surface area contributed by atoms with Crippen molar-refractivity contribution in [2.75, 3.05) is 0 Å². The van der Waals surface area contributed by atoms with Crippen LogP contribution >= 0.6 is 24.0 Å². The molecule has 0 N–H and O–H groups in total. The summed E-state index contributed by atoms with van der Waals surface area (Å²) in [5, 5.41) is 5.89. The van der Waals surface area contributed by atoms with Crippen molar-refractivity contribution in [2.24, 2.45) is 0 Å². The molecule has 2 heterocycles. The molecule has 92 valence electrons. The van der Waals surface area contributed by atoms with E-state index in [-0.39, 0.29) is 12.4 Å². The molecule has 18 heavy (non-hydrogen) atoms. The van der Waals surface area contributed by atoms with E-state index in [1.54, 1.807) is 12.4 Å². The fourth-order valence-electron chi connectivity index (χ4n) is 1.87. The molecule has 0 bridgehead atoms. The third kappa shape index (κ3) is 2.33. The highest BCUT2D eigenvalue weighted by atomic mass is 35.5. The van der Waals surface area contributed by atoms with Crippen LogP contribution in [0.1, 0.15) is 5.56 Å². The molecule has 3 aromatic rings. The second kappa shape index (κ2) is 5.38. The van der Waals surface area contributed by atoms with Gasteiger partial charge in [0.05, 0.1) is 12.1 Å². The van der Waals surface area contributed by atoms with Crippen LogP contribution in [0.3, 0.4) is 0 Å². The zero-order valence-corrected chi connectivity index (χ0v) is 11.0. The van der Waals surface area contributed by atoms with Crippen molar-refractivity contribution in [1.82, 2.24) is 14.8 Å². The molecule has 3 nitrogen and oxygen atoms in total. The number of rotatable bonds is 2. The number of hydrogen-bond acceptors (Lipinski definition) is 2. The zero-order valence-electron chi connectivity index (χ0n) is 9.45. The molecule has 3 rings (SSSR count). The third-order valence-corrected chi connectivity index (χ3v) is 2.97. The summed E-state index contributed by atoms with van der Waals surface area (Å²) in [6, 6.07) is 11.9. The number of para-hydroxylation sites is 1. The lowest BCUT2D eigenvalue weighted by Gasteiger charge is -2.02. The largest absolute Gasteiger partial charge is 0.265 e. The topological polar surface area (TPSA) is 30.7 Å². The summed E-state index contributed by atoms with van der Waals surface area (Å²) in [6.07, 6.45) is 3.56. The van der Waals surface area contributed by atoms with Crippen molar-refractivity contribution in [3.8, 4) is 0 Å². The second-order valence-corrected chi connectivity index (χ2v) is 4.18. The Hall–Kier alpha value is -1.58. The van der Waals surface area contributed by atoms with Gasteiger partial charge in [-0.05, 0) is 29.8 Å². The molecule has 0 fully saturated rings. The fraction of sp³-hybridized carbons (Fsp3) is 0.0769. The van der Waals surface area contributed by atoms with Gasteiger partial charge in [-0.15, -0.1) is 12.4 Å². The highest BCUT2D eigenvalue weighted by Gasteiger charge is 2.07. The maximum Gasteiger partial charge on any atom is 0.158 e. The van der Waals surface area contributed by atoms with E-state index in [1.165, 1.54) is 0 Å². The van der Waals surface area contributed by atoms with Crippen LogP contribution in [0, 0.1) is 0 Å². The van der Waals surface area contributed by atoms with Crippen LogP contribution < -0.4 is 0 Å². The summed E-state index contributed by atoms with van der Waals surface area (Å²) in [6.45, 7) is 0.704. The molecule has 0 spiro atoms. The monoisotopic (exact) mass is 279 g/mol. The van der Waals surface area contributed by atoms with Crippen LogP contribution in [0.5, 0.6) is 0 Å². The first-order valence-corrected chi connectivity index (χ1v) is 5.72. The van der Waals surface area contributed by atoms with Crippen LogP contribution in [0.25, 0.3) is 10.9 Å². The smallest absolute Gasteiger partial charge is 0.158 e. The van der Waals surface area contributed by atoms with Gasteiger partial charge in [-0.1, -0.05) is 23.7 Å². The predicted octanol–water partition coefficient (Wildman–Crippen LogP) is 3.55. The Morgan fingerprint density at radius 1 is 1.06 bits per heavy atom. The number of nitrogens with zero attached hydrogens (tertiary/aromatic N) is 3. The van der Waals surface area contributed by atoms with Gasteiger partial charge in [0, 0.05) is 17.8 Å². The van der Waals surface area contributed by atoms with Crippen molar-refractivity contribution >= 4 is 34.9 Å². The fourth-order valence-corrected chi connectivity index (χ4v) is 2.12. The Morgan fingerprint density at radius 2 is 1.78 bits per heavy atom. The van der Waals surface area contributed by atoms with Crippen LogP contribution in [-0.2, 0) is 6.54 Å². The Bertz CT molecular complexity index is 650. The van der Waals surface area contributed by atoms with Gasteiger partial charge in [-0.25, -0.2) is 0 Å². The van der Waals surface area contributed by atoms with Crippen molar-refractivity contribution in [2.45, 2.75) is 6.54 Å². The second-order valence-electron chi connectivity index (χ2n) is 3.82. The molecular weight excluding hydrogens is 269 g/mol. The molecule has 1 aromatic carbocycles. The maximum atomic E-state index is 6.10. The standard InChI is InChI=1S/C13H10ClN3.ClH/c14-13-11-3-1-2-4-12(11)17(16-13)9-10-5-7-15-8-6-10;/h1-8H,9H2;1H. The van der Waals surface area contributed by atoms with E-state index >= 15 is 0 Å². The minimum Gasteiger partial charge on any atom is -0.265 e. The summed E-state index contributed by atoms with van der Waals surface area (Å²) < 4.78 is 1.91. The minimum absolute atomic E-state index is 0. The number of halogens is 2. The lowest BCUT2D eigenvalue weighted by molar-refractivity contribution is 0.711. The first-order valence-electron chi connectivity index (χ1n) is 5.34. The first kappa shape index (κ1) is 12.9. The molecule has 0 saturated heterocycles. The van der Waals surface area contributed by atoms with Crippen LogP contribution in [0.2, 0.25) is 5.15 Å². The van der Waals surface area contributed by atoms with Crippen molar-refractivity contribution in [3.63, 3.8) is 0 Å². The van der Waals surface area contributed by atoms with Crippen molar-refractivity contribution < 1.29 is 0 Å². The van der Waals surface area contributed by atoms with E-state index in [0.29, 0.717) is 11.7 Å². The zero-order chi connectivity index (χ0) is 11.7. The minimum atomic E-state index is 0. The van der Waals surface area contributed by atoms with Gasteiger partial charge >= 0.3 is 0 Å². The third-order valence-electron chi connectivity index (χ3n) is 2.69. The van der Waals surface area contributed by atoms with Crippen LogP contribution in [-0.4, -0.2) is 14.8 Å². The summed E-state index contributed by atoms with van der Waals surface area (Å²) in [5.41, 5.74) is 2.21. The Labute approximate surface area is 116 Å². The van der Waals surface area contributed by atoms with Gasteiger partial charge < -0.3 is 0 Å². The molecular formula is C13H11Cl2N3. The van der Waals surface area contributed by atoms with E-state index < -0.39 is 0 Å². The molecule has 0 unspecified atom stereocenters. The van der Waals surface area contributed by atoms with Gasteiger partial charge in [0.2, 0.25) is 0 Å². The molecule has 2 aromatic heterocycles. The highest BCUT2D eigenvalue weighted by Crippen LogP contribution is 2.22. The quantitative estimate of drug-likeness (QED) is 0.718. The van der Waals surface area contributed by atoms with Gasteiger partial charge in [-0.3, -0.25) is 9.67 Å². The molecule has 0 aliphatic rings. The van der Waals surface area contributed by atoms with Crippen molar-refractivity contribution in [1.29, 1.82) is 0 Å². The highest BCUT2D eigenvalue weighted by molar-refractivity contribution is 6.34. The molecule has 0 atom stereocenters. The van der Waals surface area contributed by atoms with E-state index in [2.05, 4.69) is 10.1 Å². The Balaban J connectivity index is 0.00000120. The maximum absolute atomic E-state index is 6.10. The number of hydrogen-bond donors (Lipinski definition) is 0. The van der Waals surface area contributed by atoms with E-state index in [0.717, 1.165) is 16.5 Å². The molecule has 0 saturated carbocycles. The van der Waals surface area contributed by atoms with E-state index in [1.807, 2.05) is 41.1 Å². The summed E-state index contributed by atoms with van der Waals surface area (Å²) >= 11 is 6.10. The average molecular weight is 280 g/mol. The number of benzene rings is 1. The Kier molecular flexibility index (Phi) is 3.84. The molecule has 5 heteroatoms. The number of aromatic nitrogens is 3. The first-order chi connectivity index (χ1) is 8.34. The molecule has 0 aliphatic heterocycles. The molecule has 0 radical (unpaired) electrons. The predicted molar refractivity (Wildman–Crippen MR) is 75.3 cm³/mol. The molecule has 0 aliphatic carbocycles. The van der Waals surface area contributed by atoms with E-state index in [9.17, 15) is 0 Å². The summed E-state index contributed by atoms with van der Waals surface area (Å²) in [4.78, 5) is 4.00. The van der Waals surface area contributed by atoms with E-state index in [4.69, 9.17) is 11.6 Å². The Morgan fingerprint density at radius 3 is 2.56 bits per heavy atom. The molecule has 0 amide bonds. The number of fused-ring (bicyclic) bond motifs is 1. The SMILES string of the molecule is Cl.Clc1nn(Cc2ccncc2)c2ccccc12. The van der Waals surface area contributed by atoms with Crippen LogP contribution in [0.15, 0.2) is 48.8 Å². The lowest BCUT2D eigenvalue weighted by atomic mass is 10.2. The van der Waals surface area contributed by atoms with Gasteiger partial charge in [-0.2, -0.15) is 5.10 Å². The van der Waals surface area contributed by atoms with Gasteiger partial charge in [0.15, 0.2) is 5.15 Å². The number of pyridine rings is 1.